The number of nitrogens with zero attached hydrogens (tertiary/aromatic N) is 3. The van der Waals surface area contributed by atoms with Crippen LogP contribution in [0.5, 0.6) is 0 Å². The number of carboxylic acids is 1. The van der Waals surface area contributed by atoms with E-state index in [0.29, 0.717) is 23.3 Å². The third-order valence-corrected chi connectivity index (χ3v) is 5.92. The van der Waals surface area contributed by atoms with Crippen LogP contribution < -0.4 is 5.32 Å². The highest BCUT2D eigenvalue weighted by atomic mass is 16.4. The smallest absolute Gasteiger partial charge is 0.317 e. The summed E-state index contributed by atoms with van der Waals surface area (Å²) in [6.45, 7) is 1.04. The van der Waals surface area contributed by atoms with Crippen molar-refractivity contribution in [2.45, 2.75) is 63.5 Å². The van der Waals surface area contributed by atoms with Crippen LogP contribution in [0.4, 0.5) is 5.82 Å². The molecule has 0 radical (unpaired) electrons. The number of fused-ring (bicyclic) bond motifs is 1. The predicted molar refractivity (Wildman–Crippen MR) is 98.0 cm³/mol. The van der Waals surface area contributed by atoms with Crippen molar-refractivity contribution >= 4 is 11.8 Å². The minimum absolute atomic E-state index is 0.133. The summed E-state index contributed by atoms with van der Waals surface area (Å²) in [5.41, 5.74) is 2.99. The largest absolute Gasteiger partial charge is 0.480 e. The molecule has 2 fully saturated rings. The zero-order valence-electron chi connectivity index (χ0n) is 15.1. The van der Waals surface area contributed by atoms with Gasteiger partial charge in [0, 0.05) is 24.3 Å². The average Bonchev–Trinajstić information content (AvgIpc) is 3.40. The Balaban J connectivity index is 1.38. The average molecular weight is 354 g/mol. The first kappa shape index (κ1) is 17.3. The summed E-state index contributed by atoms with van der Waals surface area (Å²) in [6, 6.07) is 4.89. The fourth-order valence-corrected chi connectivity index (χ4v) is 4.17. The molecule has 1 aromatic rings. The van der Waals surface area contributed by atoms with E-state index in [-0.39, 0.29) is 12.6 Å². The normalized spacial score (nSPS) is 24.5. The summed E-state index contributed by atoms with van der Waals surface area (Å²) < 4.78 is 0. The minimum atomic E-state index is -0.745. The van der Waals surface area contributed by atoms with Crippen molar-refractivity contribution in [2.75, 3.05) is 18.4 Å². The topological polar surface area (TPSA) is 89.3 Å². The molecule has 3 aliphatic rings. The number of carbonyl (C=O) groups is 1. The fourth-order valence-electron chi connectivity index (χ4n) is 4.17. The molecule has 0 aliphatic heterocycles. The summed E-state index contributed by atoms with van der Waals surface area (Å²) in [5, 5.41) is 22.1. The number of nitrogens with one attached hydrogen (secondary N) is 1. The Morgan fingerprint density at radius 2 is 2.12 bits per heavy atom. The maximum absolute atomic E-state index is 11.1. The van der Waals surface area contributed by atoms with Gasteiger partial charge in [0.25, 0.3) is 0 Å². The lowest BCUT2D eigenvalue weighted by Crippen LogP contribution is -2.52. The van der Waals surface area contributed by atoms with Gasteiger partial charge in [-0.1, -0.05) is 0 Å². The van der Waals surface area contributed by atoms with Crippen LogP contribution in [-0.2, 0) is 17.6 Å². The lowest BCUT2D eigenvalue weighted by molar-refractivity contribution is -0.139. The Morgan fingerprint density at radius 1 is 1.35 bits per heavy atom. The van der Waals surface area contributed by atoms with Crippen molar-refractivity contribution in [2.24, 2.45) is 5.92 Å². The molecule has 1 heterocycles. The molecule has 26 heavy (non-hydrogen) atoms. The molecule has 2 saturated carbocycles. The van der Waals surface area contributed by atoms with E-state index in [1.54, 1.807) is 0 Å². The van der Waals surface area contributed by atoms with Crippen LogP contribution in [0.3, 0.4) is 0 Å². The monoisotopic (exact) mass is 354 g/mol. The van der Waals surface area contributed by atoms with Crippen LogP contribution in [0, 0.1) is 17.2 Å². The molecule has 3 aliphatic carbocycles. The first-order chi connectivity index (χ1) is 12.6. The number of aliphatic carboxylic acids is 1. The summed E-state index contributed by atoms with van der Waals surface area (Å²) in [4.78, 5) is 18.0. The predicted octanol–water partition coefficient (Wildman–Crippen LogP) is 2.57. The number of aryl methyl sites for hydroxylation is 2. The molecule has 2 N–H and O–H groups in total. The van der Waals surface area contributed by atoms with Gasteiger partial charge in [-0.25, -0.2) is 4.98 Å². The van der Waals surface area contributed by atoms with Crippen LogP contribution in [0.25, 0.3) is 0 Å². The van der Waals surface area contributed by atoms with Crippen molar-refractivity contribution in [1.29, 1.82) is 5.26 Å². The van der Waals surface area contributed by atoms with E-state index in [0.717, 1.165) is 37.9 Å². The maximum Gasteiger partial charge on any atom is 0.317 e. The number of rotatable bonds is 7. The highest BCUT2D eigenvalue weighted by Crippen LogP contribution is 2.35. The van der Waals surface area contributed by atoms with E-state index in [1.807, 2.05) is 6.07 Å². The number of anilines is 1. The molecule has 1 aromatic heterocycles. The first-order valence-electron chi connectivity index (χ1n) is 9.77. The lowest BCUT2D eigenvalue weighted by Gasteiger charge is -2.43. The zero-order chi connectivity index (χ0) is 18.1. The minimum Gasteiger partial charge on any atom is -0.480 e. The Hall–Kier alpha value is -2.13. The van der Waals surface area contributed by atoms with Crippen molar-refractivity contribution in [3.05, 3.63) is 22.9 Å². The first-order valence-corrected chi connectivity index (χ1v) is 9.77. The van der Waals surface area contributed by atoms with E-state index in [1.165, 1.54) is 31.2 Å². The van der Waals surface area contributed by atoms with Gasteiger partial charge in [0.05, 0.1) is 12.1 Å². The van der Waals surface area contributed by atoms with Gasteiger partial charge in [-0.2, -0.15) is 5.26 Å². The second kappa shape index (κ2) is 7.24. The number of aromatic nitrogens is 1. The molecule has 4 rings (SSSR count). The van der Waals surface area contributed by atoms with E-state index in [4.69, 9.17) is 10.1 Å². The van der Waals surface area contributed by atoms with Crippen LogP contribution in [0.15, 0.2) is 6.07 Å². The Labute approximate surface area is 154 Å². The van der Waals surface area contributed by atoms with Gasteiger partial charge in [0.15, 0.2) is 0 Å². The standard InChI is InChI=1S/C20H26N4O2/c21-10-15-7-14-3-1-2-4-18(14)23-20(15)22-16-8-17(9-16)24(12-19(25)26)11-13-5-6-13/h7,13,16-17H,1-6,8-9,11-12H2,(H,22,23)(H,25,26). The van der Waals surface area contributed by atoms with Crippen molar-refractivity contribution in [3.63, 3.8) is 0 Å². The van der Waals surface area contributed by atoms with E-state index in [2.05, 4.69) is 16.3 Å². The Kier molecular flexibility index (Phi) is 4.82. The van der Waals surface area contributed by atoms with Gasteiger partial charge < -0.3 is 10.4 Å². The third-order valence-electron chi connectivity index (χ3n) is 5.92. The molecule has 0 atom stereocenters. The van der Waals surface area contributed by atoms with Gasteiger partial charge in [0.2, 0.25) is 0 Å². The molecular formula is C20H26N4O2. The highest BCUT2D eigenvalue weighted by Gasteiger charge is 2.37. The van der Waals surface area contributed by atoms with Crippen molar-refractivity contribution in [3.8, 4) is 6.07 Å². The summed E-state index contributed by atoms with van der Waals surface area (Å²) in [6.07, 6.45) is 8.67. The molecule has 6 nitrogen and oxygen atoms in total. The molecule has 6 heteroatoms. The van der Waals surface area contributed by atoms with Crippen molar-refractivity contribution < 1.29 is 9.90 Å². The molecule has 0 aromatic carbocycles. The number of hydrogen-bond acceptors (Lipinski definition) is 5. The Bertz CT molecular complexity index is 732. The second-order valence-electron chi connectivity index (χ2n) is 8.04. The third kappa shape index (κ3) is 3.83. The van der Waals surface area contributed by atoms with Gasteiger partial charge in [-0.15, -0.1) is 0 Å². The molecular weight excluding hydrogens is 328 g/mol. The summed E-state index contributed by atoms with van der Waals surface area (Å²) in [5.74, 6) is 0.655. The Morgan fingerprint density at radius 3 is 2.81 bits per heavy atom. The number of hydrogen-bond donors (Lipinski definition) is 2. The maximum atomic E-state index is 11.1. The van der Waals surface area contributed by atoms with Crippen LogP contribution >= 0.6 is 0 Å². The molecule has 0 amide bonds. The molecule has 138 valence electrons. The lowest BCUT2D eigenvalue weighted by atomic mass is 9.85. The van der Waals surface area contributed by atoms with Crippen molar-refractivity contribution in [1.82, 2.24) is 9.88 Å². The summed E-state index contributed by atoms with van der Waals surface area (Å²) in [7, 11) is 0. The van der Waals surface area contributed by atoms with Gasteiger partial charge >= 0.3 is 5.97 Å². The molecule has 0 unspecified atom stereocenters. The number of nitriles is 1. The SMILES string of the molecule is N#Cc1cc2c(nc1NC1CC(N(CC(=O)O)CC3CC3)C1)CCCC2. The van der Waals surface area contributed by atoms with E-state index < -0.39 is 5.97 Å². The highest BCUT2D eigenvalue weighted by molar-refractivity contribution is 5.69. The van der Waals surface area contributed by atoms with Gasteiger partial charge in [-0.3, -0.25) is 9.69 Å². The van der Waals surface area contributed by atoms with Gasteiger partial charge in [0.1, 0.15) is 11.9 Å². The fraction of sp³-hybridized carbons (Fsp3) is 0.650. The van der Waals surface area contributed by atoms with Crippen LogP contribution in [-0.4, -0.2) is 46.1 Å². The van der Waals surface area contributed by atoms with Crippen LogP contribution in [0.1, 0.15) is 55.3 Å². The number of carboxylic acid groups (broad SMARTS) is 1. The quantitative estimate of drug-likeness (QED) is 0.782. The van der Waals surface area contributed by atoms with Gasteiger partial charge in [-0.05, 0) is 68.9 Å². The van der Waals surface area contributed by atoms with E-state index in [9.17, 15) is 10.1 Å². The molecule has 0 spiro atoms. The molecule has 0 saturated heterocycles. The number of pyridine rings is 1. The van der Waals surface area contributed by atoms with Crippen LogP contribution in [0.2, 0.25) is 0 Å². The van der Waals surface area contributed by atoms with E-state index >= 15 is 0 Å². The zero-order valence-corrected chi connectivity index (χ0v) is 15.1. The summed E-state index contributed by atoms with van der Waals surface area (Å²) >= 11 is 0. The molecule has 0 bridgehead atoms. The second-order valence-corrected chi connectivity index (χ2v) is 8.04.